The molecule has 2 aromatic rings. The molecule has 3 heteroatoms. The standard InChI is InChI=1S/C29H39N3/c1-4-20-8-10-21(11-9-20)26-19-32(31-30-26)27-15-14-24-23-13-12-22-7-5-6-17-28(22,2)25(23)16-18-29(24,27)3/h5-6,8-11,19,22-25,27H,4,7,12-18H2,1-3H3/t22-,23+,24+,25+,27-,28+,29+/m1/s1. The first kappa shape index (κ1) is 20.7. The largest absolute Gasteiger partial charge is 0.248 e. The average molecular weight is 430 g/mol. The molecule has 3 fully saturated rings. The predicted octanol–water partition coefficient (Wildman–Crippen LogP) is 7.26. The molecule has 6 rings (SSSR count). The van der Waals surface area contributed by atoms with Crippen LogP contribution in [-0.4, -0.2) is 15.0 Å². The van der Waals surface area contributed by atoms with Gasteiger partial charge in [-0.05, 0) is 97.9 Å². The summed E-state index contributed by atoms with van der Waals surface area (Å²) < 4.78 is 2.25. The average Bonchev–Trinajstić information content (AvgIpc) is 3.43. The molecule has 32 heavy (non-hydrogen) atoms. The predicted molar refractivity (Wildman–Crippen MR) is 130 cm³/mol. The summed E-state index contributed by atoms with van der Waals surface area (Å²) in [6, 6.07) is 9.35. The summed E-state index contributed by atoms with van der Waals surface area (Å²) in [5, 5.41) is 9.30. The number of hydrogen-bond acceptors (Lipinski definition) is 2. The molecule has 0 unspecified atom stereocenters. The van der Waals surface area contributed by atoms with Crippen molar-refractivity contribution in [3.63, 3.8) is 0 Å². The van der Waals surface area contributed by atoms with E-state index in [0.717, 1.165) is 35.8 Å². The molecule has 1 aromatic carbocycles. The lowest BCUT2D eigenvalue weighted by atomic mass is 9.46. The van der Waals surface area contributed by atoms with Crippen molar-refractivity contribution in [3.05, 3.63) is 48.2 Å². The number of hydrogen-bond donors (Lipinski definition) is 0. The van der Waals surface area contributed by atoms with E-state index >= 15 is 0 Å². The van der Waals surface area contributed by atoms with Gasteiger partial charge in [-0.3, -0.25) is 0 Å². The SMILES string of the molecule is CCc1ccc(-c2cn([C@@H]3CC[C@H]4[C@@H]5CC[C@H]6CC=CC[C@]6(C)[C@H]5CC[C@@]43C)nn2)cc1. The van der Waals surface area contributed by atoms with E-state index in [-0.39, 0.29) is 0 Å². The number of rotatable bonds is 3. The maximum atomic E-state index is 4.69. The molecular weight excluding hydrogens is 390 g/mol. The Morgan fingerprint density at radius 1 is 0.938 bits per heavy atom. The molecule has 3 nitrogen and oxygen atoms in total. The van der Waals surface area contributed by atoms with Crippen molar-refractivity contribution < 1.29 is 0 Å². The molecule has 4 aliphatic carbocycles. The van der Waals surface area contributed by atoms with Crippen molar-refractivity contribution in [1.29, 1.82) is 0 Å². The molecule has 0 radical (unpaired) electrons. The topological polar surface area (TPSA) is 30.7 Å². The van der Waals surface area contributed by atoms with E-state index in [1.54, 1.807) is 0 Å². The zero-order valence-electron chi connectivity index (χ0n) is 20.1. The van der Waals surface area contributed by atoms with Crippen LogP contribution in [-0.2, 0) is 6.42 Å². The van der Waals surface area contributed by atoms with Gasteiger partial charge >= 0.3 is 0 Å². The molecule has 0 amide bonds. The minimum Gasteiger partial charge on any atom is -0.248 e. The minimum atomic E-state index is 0.367. The summed E-state index contributed by atoms with van der Waals surface area (Å²) in [6.45, 7) is 7.44. The Labute approximate surface area is 193 Å². The molecule has 1 heterocycles. The normalized spacial score (nSPS) is 40.5. The zero-order valence-corrected chi connectivity index (χ0v) is 20.1. The van der Waals surface area contributed by atoms with E-state index in [9.17, 15) is 0 Å². The fraction of sp³-hybridized carbons (Fsp3) is 0.655. The van der Waals surface area contributed by atoms with Crippen molar-refractivity contribution in [1.82, 2.24) is 15.0 Å². The van der Waals surface area contributed by atoms with E-state index in [1.807, 2.05) is 0 Å². The molecular formula is C29H39N3. The molecule has 0 spiro atoms. The Kier molecular flexibility index (Phi) is 4.89. The number of aryl methyl sites for hydroxylation is 1. The van der Waals surface area contributed by atoms with Gasteiger partial charge < -0.3 is 0 Å². The van der Waals surface area contributed by atoms with Gasteiger partial charge in [0.15, 0.2) is 0 Å². The van der Waals surface area contributed by atoms with Gasteiger partial charge in [-0.2, -0.15) is 0 Å². The molecule has 4 aliphatic rings. The lowest BCUT2D eigenvalue weighted by molar-refractivity contribution is -0.0954. The monoisotopic (exact) mass is 429 g/mol. The Balaban J connectivity index is 1.25. The first-order chi connectivity index (χ1) is 15.5. The van der Waals surface area contributed by atoms with Crippen LogP contribution in [0, 0.1) is 34.5 Å². The second kappa shape index (κ2) is 7.57. The second-order valence-electron chi connectivity index (χ2n) is 11.8. The van der Waals surface area contributed by atoms with Gasteiger partial charge in [0.25, 0.3) is 0 Å². The van der Waals surface area contributed by atoms with Gasteiger partial charge in [-0.25, -0.2) is 4.68 Å². The third-order valence-electron chi connectivity index (χ3n) is 10.6. The Morgan fingerprint density at radius 3 is 2.56 bits per heavy atom. The van der Waals surface area contributed by atoms with Crippen LogP contribution in [0.25, 0.3) is 11.3 Å². The molecule has 0 bridgehead atoms. The lowest BCUT2D eigenvalue weighted by Gasteiger charge is -2.59. The Hall–Kier alpha value is -1.90. The lowest BCUT2D eigenvalue weighted by Crippen LogP contribution is -2.52. The number of allylic oxidation sites excluding steroid dienone is 2. The fourth-order valence-corrected chi connectivity index (χ4v) is 8.72. The summed E-state index contributed by atoms with van der Waals surface area (Å²) >= 11 is 0. The summed E-state index contributed by atoms with van der Waals surface area (Å²) in [5.41, 5.74) is 4.50. The van der Waals surface area contributed by atoms with Crippen molar-refractivity contribution >= 4 is 0 Å². The molecule has 170 valence electrons. The molecule has 3 saturated carbocycles. The molecule has 0 N–H and O–H groups in total. The van der Waals surface area contributed by atoms with Crippen molar-refractivity contribution in [2.45, 2.75) is 84.6 Å². The first-order valence-electron chi connectivity index (χ1n) is 13.2. The first-order valence-corrected chi connectivity index (χ1v) is 13.2. The van der Waals surface area contributed by atoms with Crippen LogP contribution in [0.4, 0.5) is 0 Å². The van der Waals surface area contributed by atoms with Crippen LogP contribution < -0.4 is 0 Å². The highest BCUT2D eigenvalue weighted by Gasteiger charge is 2.60. The van der Waals surface area contributed by atoms with Crippen LogP contribution in [0.3, 0.4) is 0 Å². The summed E-state index contributed by atoms with van der Waals surface area (Å²) in [7, 11) is 0. The quantitative estimate of drug-likeness (QED) is 0.481. The third-order valence-corrected chi connectivity index (χ3v) is 10.6. The van der Waals surface area contributed by atoms with Crippen molar-refractivity contribution in [3.8, 4) is 11.3 Å². The van der Waals surface area contributed by atoms with Gasteiger partial charge in [0.1, 0.15) is 5.69 Å². The van der Waals surface area contributed by atoms with Gasteiger partial charge in [0, 0.05) is 5.56 Å². The van der Waals surface area contributed by atoms with E-state index in [1.165, 1.54) is 62.5 Å². The Bertz CT molecular complexity index is 1000. The van der Waals surface area contributed by atoms with E-state index in [4.69, 9.17) is 5.21 Å². The van der Waals surface area contributed by atoms with Crippen LogP contribution in [0.2, 0.25) is 0 Å². The Morgan fingerprint density at radius 2 is 1.75 bits per heavy atom. The highest BCUT2D eigenvalue weighted by Crippen LogP contribution is 2.67. The van der Waals surface area contributed by atoms with E-state index < -0.39 is 0 Å². The van der Waals surface area contributed by atoms with Crippen molar-refractivity contribution in [2.75, 3.05) is 0 Å². The summed E-state index contributed by atoms with van der Waals surface area (Å²) in [4.78, 5) is 0. The maximum Gasteiger partial charge on any atom is 0.113 e. The van der Waals surface area contributed by atoms with Crippen LogP contribution >= 0.6 is 0 Å². The molecule has 7 atom stereocenters. The van der Waals surface area contributed by atoms with Gasteiger partial charge in [0.05, 0.1) is 12.2 Å². The molecule has 1 aromatic heterocycles. The molecule has 0 saturated heterocycles. The van der Waals surface area contributed by atoms with E-state index in [2.05, 4.69) is 73.2 Å². The highest BCUT2D eigenvalue weighted by atomic mass is 15.4. The van der Waals surface area contributed by atoms with Gasteiger partial charge in [-0.1, -0.05) is 62.4 Å². The second-order valence-corrected chi connectivity index (χ2v) is 11.8. The summed E-state index contributed by atoms with van der Waals surface area (Å²) in [5.74, 6) is 3.61. The zero-order chi connectivity index (χ0) is 21.9. The number of benzene rings is 1. The number of fused-ring (bicyclic) bond motifs is 5. The molecule has 0 aliphatic heterocycles. The summed E-state index contributed by atoms with van der Waals surface area (Å²) in [6.07, 6.45) is 19.2. The van der Waals surface area contributed by atoms with E-state index in [0.29, 0.717) is 16.9 Å². The fourth-order valence-electron chi connectivity index (χ4n) is 8.72. The van der Waals surface area contributed by atoms with Crippen LogP contribution in [0.1, 0.15) is 83.7 Å². The smallest absolute Gasteiger partial charge is 0.113 e. The van der Waals surface area contributed by atoms with Gasteiger partial charge in [-0.15, -0.1) is 5.10 Å². The van der Waals surface area contributed by atoms with Gasteiger partial charge in [0.2, 0.25) is 0 Å². The van der Waals surface area contributed by atoms with Crippen LogP contribution in [0.15, 0.2) is 42.6 Å². The minimum absolute atomic E-state index is 0.367. The third kappa shape index (κ3) is 2.99. The maximum absolute atomic E-state index is 4.69. The number of aromatic nitrogens is 3. The van der Waals surface area contributed by atoms with Crippen LogP contribution in [0.5, 0.6) is 0 Å². The highest BCUT2D eigenvalue weighted by molar-refractivity contribution is 5.58. The number of nitrogens with zero attached hydrogens (tertiary/aromatic N) is 3. The van der Waals surface area contributed by atoms with Crippen molar-refractivity contribution in [2.24, 2.45) is 34.5 Å².